The smallest absolute Gasteiger partial charge is 0.231 e. The number of aldehydes is 1. The first-order valence-corrected chi connectivity index (χ1v) is 8.37. The molecule has 1 aliphatic heterocycles. The van der Waals surface area contributed by atoms with E-state index in [0.717, 1.165) is 63.2 Å². The van der Waals surface area contributed by atoms with Crippen LogP contribution >= 0.6 is 0 Å². The largest absolute Gasteiger partial charge is 0.339 e. The van der Waals surface area contributed by atoms with Crippen LogP contribution in [0.4, 0.5) is 0 Å². The van der Waals surface area contributed by atoms with Gasteiger partial charge in [0, 0.05) is 13.0 Å². The van der Waals surface area contributed by atoms with E-state index in [1.54, 1.807) is 0 Å². The van der Waals surface area contributed by atoms with E-state index in [4.69, 9.17) is 4.52 Å². The molecule has 0 saturated carbocycles. The standard InChI is InChI=1S/C18H23N3O2/c22-13-12-21-11-5-9-16(14-21)18-19-17(20-23-18)10-4-8-15-6-2-1-3-7-15/h1-3,6-7,13,16H,4-5,8-12,14H2. The van der Waals surface area contributed by atoms with E-state index in [0.29, 0.717) is 6.54 Å². The Hall–Kier alpha value is -2.01. The number of carbonyl (C=O) groups excluding carboxylic acids is 1. The van der Waals surface area contributed by atoms with Crippen LogP contribution in [0.1, 0.15) is 42.5 Å². The molecule has 0 bridgehead atoms. The van der Waals surface area contributed by atoms with Gasteiger partial charge in [-0.3, -0.25) is 4.90 Å². The summed E-state index contributed by atoms with van der Waals surface area (Å²) >= 11 is 0. The van der Waals surface area contributed by atoms with Crippen LogP contribution in [0.15, 0.2) is 34.9 Å². The Morgan fingerprint density at radius 1 is 1.26 bits per heavy atom. The highest BCUT2D eigenvalue weighted by Gasteiger charge is 2.25. The van der Waals surface area contributed by atoms with Crippen LogP contribution in [0, 0.1) is 0 Å². The molecular formula is C18H23N3O2. The van der Waals surface area contributed by atoms with Crippen molar-refractivity contribution in [1.82, 2.24) is 15.0 Å². The summed E-state index contributed by atoms with van der Waals surface area (Å²) < 4.78 is 5.46. The number of aromatic nitrogens is 2. The van der Waals surface area contributed by atoms with Crippen LogP contribution in [0.25, 0.3) is 0 Å². The van der Waals surface area contributed by atoms with E-state index in [9.17, 15) is 4.79 Å². The predicted octanol–water partition coefficient (Wildman–Crippen LogP) is 2.62. The summed E-state index contributed by atoms with van der Waals surface area (Å²) in [5, 5.41) is 4.12. The Morgan fingerprint density at radius 3 is 2.96 bits per heavy atom. The maximum atomic E-state index is 10.7. The molecule has 5 nitrogen and oxygen atoms in total. The minimum absolute atomic E-state index is 0.263. The Labute approximate surface area is 136 Å². The minimum atomic E-state index is 0.263. The molecule has 0 spiro atoms. The van der Waals surface area contributed by atoms with Crippen molar-refractivity contribution >= 4 is 6.29 Å². The zero-order valence-electron chi connectivity index (χ0n) is 13.4. The molecule has 3 rings (SSSR count). The van der Waals surface area contributed by atoms with Crippen molar-refractivity contribution < 1.29 is 9.32 Å². The van der Waals surface area contributed by atoms with E-state index in [1.807, 2.05) is 6.07 Å². The first kappa shape index (κ1) is 15.9. The van der Waals surface area contributed by atoms with Gasteiger partial charge in [0.15, 0.2) is 5.82 Å². The molecule has 1 aliphatic rings. The maximum absolute atomic E-state index is 10.7. The van der Waals surface area contributed by atoms with Crippen LogP contribution in [-0.4, -0.2) is 41.0 Å². The van der Waals surface area contributed by atoms with Gasteiger partial charge in [0.2, 0.25) is 5.89 Å². The van der Waals surface area contributed by atoms with Crippen molar-refractivity contribution in [2.75, 3.05) is 19.6 Å². The number of carbonyl (C=O) groups is 1. The summed E-state index contributed by atoms with van der Waals surface area (Å²) in [6.07, 6.45) is 5.98. The second-order valence-corrected chi connectivity index (χ2v) is 6.15. The minimum Gasteiger partial charge on any atom is -0.339 e. The summed E-state index contributed by atoms with van der Waals surface area (Å²) in [4.78, 5) is 17.4. The molecule has 1 fully saturated rings. The fraction of sp³-hybridized carbons (Fsp3) is 0.500. The highest BCUT2D eigenvalue weighted by Crippen LogP contribution is 2.25. The number of hydrogen-bond acceptors (Lipinski definition) is 5. The van der Waals surface area contributed by atoms with E-state index in [1.165, 1.54) is 5.56 Å². The lowest BCUT2D eigenvalue weighted by molar-refractivity contribution is -0.109. The molecule has 1 aromatic heterocycles. The van der Waals surface area contributed by atoms with Crippen LogP contribution in [0.5, 0.6) is 0 Å². The van der Waals surface area contributed by atoms with Gasteiger partial charge in [-0.15, -0.1) is 0 Å². The average Bonchev–Trinajstić information content (AvgIpc) is 3.05. The molecule has 0 amide bonds. The zero-order valence-corrected chi connectivity index (χ0v) is 13.4. The predicted molar refractivity (Wildman–Crippen MR) is 87.2 cm³/mol. The van der Waals surface area contributed by atoms with E-state index >= 15 is 0 Å². The molecule has 0 N–H and O–H groups in total. The zero-order chi connectivity index (χ0) is 15.9. The second kappa shape index (κ2) is 8.02. The number of hydrogen-bond donors (Lipinski definition) is 0. The third-order valence-electron chi connectivity index (χ3n) is 4.38. The molecule has 1 atom stereocenters. The number of nitrogens with zero attached hydrogens (tertiary/aromatic N) is 3. The lowest BCUT2D eigenvalue weighted by Crippen LogP contribution is -2.35. The maximum Gasteiger partial charge on any atom is 0.231 e. The molecule has 23 heavy (non-hydrogen) atoms. The fourth-order valence-corrected chi connectivity index (χ4v) is 3.16. The Bertz CT molecular complexity index is 612. The van der Waals surface area contributed by atoms with Gasteiger partial charge in [-0.25, -0.2) is 0 Å². The number of likely N-dealkylation sites (tertiary alicyclic amines) is 1. The molecule has 1 unspecified atom stereocenters. The first-order chi connectivity index (χ1) is 11.3. The van der Waals surface area contributed by atoms with Gasteiger partial charge in [0.05, 0.1) is 12.5 Å². The van der Waals surface area contributed by atoms with Gasteiger partial charge < -0.3 is 9.32 Å². The average molecular weight is 313 g/mol. The second-order valence-electron chi connectivity index (χ2n) is 6.15. The summed E-state index contributed by atoms with van der Waals surface area (Å²) in [6.45, 7) is 2.31. The van der Waals surface area contributed by atoms with Crippen LogP contribution in [-0.2, 0) is 17.6 Å². The number of piperidine rings is 1. The van der Waals surface area contributed by atoms with E-state index in [2.05, 4.69) is 39.3 Å². The van der Waals surface area contributed by atoms with Gasteiger partial charge in [0.25, 0.3) is 0 Å². The molecular weight excluding hydrogens is 290 g/mol. The van der Waals surface area contributed by atoms with Gasteiger partial charge in [-0.1, -0.05) is 35.5 Å². The monoisotopic (exact) mass is 313 g/mol. The molecule has 1 saturated heterocycles. The molecule has 0 radical (unpaired) electrons. The van der Waals surface area contributed by atoms with Crippen LogP contribution < -0.4 is 0 Å². The van der Waals surface area contributed by atoms with E-state index < -0.39 is 0 Å². The number of rotatable bonds is 7. The number of benzene rings is 1. The van der Waals surface area contributed by atoms with Gasteiger partial charge in [0.1, 0.15) is 6.29 Å². The fourth-order valence-electron chi connectivity index (χ4n) is 3.16. The van der Waals surface area contributed by atoms with Crippen LogP contribution in [0.2, 0.25) is 0 Å². The Morgan fingerprint density at radius 2 is 2.13 bits per heavy atom. The van der Waals surface area contributed by atoms with E-state index in [-0.39, 0.29) is 5.92 Å². The molecule has 2 heterocycles. The molecule has 1 aromatic carbocycles. The highest BCUT2D eigenvalue weighted by molar-refractivity contribution is 5.52. The van der Waals surface area contributed by atoms with Crippen molar-refractivity contribution in [1.29, 1.82) is 0 Å². The Balaban J connectivity index is 1.50. The van der Waals surface area contributed by atoms with Crippen molar-refractivity contribution in [2.45, 2.75) is 38.0 Å². The molecule has 2 aromatic rings. The highest BCUT2D eigenvalue weighted by atomic mass is 16.5. The number of aryl methyl sites for hydroxylation is 2. The first-order valence-electron chi connectivity index (χ1n) is 8.37. The third kappa shape index (κ3) is 4.48. The summed E-state index contributed by atoms with van der Waals surface area (Å²) in [6, 6.07) is 10.5. The van der Waals surface area contributed by atoms with Crippen molar-refractivity contribution in [2.24, 2.45) is 0 Å². The SMILES string of the molecule is O=CCN1CCCC(c2nc(CCCc3ccccc3)no2)C1. The quantitative estimate of drug-likeness (QED) is 0.735. The van der Waals surface area contributed by atoms with Crippen LogP contribution in [0.3, 0.4) is 0 Å². The third-order valence-corrected chi connectivity index (χ3v) is 4.38. The lowest BCUT2D eigenvalue weighted by atomic mass is 9.98. The van der Waals surface area contributed by atoms with Gasteiger partial charge >= 0.3 is 0 Å². The topological polar surface area (TPSA) is 59.2 Å². The molecule has 122 valence electrons. The molecule has 5 heteroatoms. The van der Waals surface area contributed by atoms with Crippen molar-refractivity contribution in [3.05, 3.63) is 47.6 Å². The lowest BCUT2D eigenvalue weighted by Gasteiger charge is -2.29. The normalized spacial score (nSPS) is 18.9. The Kier molecular flexibility index (Phi) is 5.53. The van der Waals surface area contributed by atoms with Gasteiger partial charge in [-0.2, -0.15) is 4.98 Å². The van der Waals surface area contributed by atoms with Crippen molar-refractivity contribution in [3.63, 3.8) is 0 Å². The van der Waals surface area contributed by atoms with Crippen molar-refractivity contribution in [3.8, 4) is 0 Å². The molecule has 0 aliphatic carbocycles. The summed E-state index contributed by atoms with van der Waals surface area (Å²) in [5.74, 6) is 1.79. The van der Waals surface area contributed by atoms with Gasteiger partial charge in [-0.05, 0) is 37.8 Å². The summed E-state index contributed by atoms with van der Waals surface area (Å²) in [7, 11) is 0. The summed E-state index contributed by atoms with van der Waals surface area (Å²) in [5.41, 5.74) is 1.34.